The minimum absolute atomic E-state index is 0.592. The Morgan fingerprint density at radius 3 is 2.93 bits per heavy atom. The van der Waals surface area contributed by atoms with E-state index in [0.717, 1.165) is 0 Å². The fourth-order valence-electron chi connectivity index (χ4n) is 1.74. The molecule has 0 radical (unpaired) electrons. The van der Waals surface area contributed by atoms with Gasteiger partial charge in [0.05, 0.1) is 6.04 Å². The van der Waals surface area contributed by atoms with Crippen molar-refractivity contribution in [1.82, 2.24) is 5.32 Å². The lowest BCUT2D eigenvalue weighted by atomic mass is 10.2. The molecule has 14 heavy (non-hydrogen) atoms. The van der Waals surface area contributed by atoms with E-state index in [2.05, 4.69) is 43.1 Å². The molecular formula is C11H17NS2. The Kier molecular flexibility index (Phi) is 3.52. The van der Waals surface area contributed by atoms with Crippen molar-refractivity contribution in [3.05, 3.63) is 21.9 Å². The molecule has 0 spiro atoms. The molecule has 0 aliphatic carbocycles. The Morgan fingerprint density at radius 2 is 2.29 bits per heavy atom. The summed E-state index contributed by atoms with van der Waals surface area (Å²) in [6.07, 6.45) is 1.17. The number of thioether (sulfide) groups is 1. The first-order chi connectivity index (χ1) is 6.79. The molecule has 78 valence electrons. The Labute approximate surface area is 94.3 Å². The van der Waals surface area contributed by atoms with Gasteiger partial charge < -0.3 is 5.32 Å². The second-order valence-corrected chi connectivity index (χ2v) is 6.09. The first-order valence-corrected chi connectivity index (χ1v) is 7.19. The van der Waals surface area contributed by atoms with E-state index < -0.39 is 0 Å². The first-order valence-electron chi connectivity index (χ1n) is 5.22. The third-order valence-electron chi connectivity index (χ3n) is 2.51. The highest BCUT2D eigenvalue weighted by Crippen LogP contribution is 2.29. The normalized spacial score (nSPS) is 27.9. The number of thiophene rings is 1. The van der Waals surface area contributed by atoms with Gasteiger partial charge in [-0.3, -0.25) is 0 Å². The summed E-state index contributed by atoms with van der Waals surface area (Å²) < 4.78 is 0. The quantitative estimate of drug-likeness (QED) is 0.833. The van der Waals surface area contributed by atoms with Crippen LogP contribution in [0.25, 0.3) is 0 Å². The van der Waals surface area contributed by atoms with Crippen LogP contribution in [-0.2, 0) is 6.42 Å². The van der Waals surface area contributed by atoms with Crippen LogP contribution in [0.5, 0.6) is 0 Å². The summed E-state index contributed by atoms with van der Waals surface area (Å²) >= 11 is 4.03. The van der Waals surface area contributed by atoms with Crippen LogP contribution in [0.4, 0.5) is 0 Å². The molecule has 1 aliphatic heterocycles. The van der Waals surface area contributed by atoms with Crippen LogP contribution in [0, 0.1) is 0 Å². The summed E-state index contributed by atoms with van der Waals surface area (Å²) in [7, 11) is 0. The molecule has 1 aromatic rings. The van der Waals surface area contributed by atoms with Crippen molar-refractivity contribution in [1.29, 1.82) is 0 Å². The van der Waals surface area contributed by atoms with Gasteiger partial charge in [0.15, 0.2) is 0 Å². The summed E-state index contributed by atoms with van der Waals surface area (Å²) in [5.41, 5.74) is 0. The van der Waals surface area contributed by atoms with Crippen molar-refractivity contribution in [2.24, 2.45) is 0 Å². The monoisotopic (exact) mass is 227 g/mol. The smallest absolute Gasteiger partial charge is 0.0509 e. The summed E-state index contributed by atoms with van der Waals surface area (Å²) in [6.45, 7) is 4.49. The fraction of sp³-hybridized carbons (Fsp3) is 0.636. The summed E-state index contributed by atoms with van der Waals surface area (Å²) in [4.78, 5) is 3.02. The maximum atomic E-state index is 3.66. The number of aryl methyl sites for hydroxylation is 1. The molecule has 2 rings (SSSR count). The number of nitrogens with one attached hydrogen (secondary N) is 1. The van der Waals surface area contributed by atoms with E-state index in [4.69, 9.17) is 0 Å². The van der Waals surface area contributed by atoms with Crippen LogP contribution >= 0.6 is 23.1 Å². The number of rotatable bonds is 2. The van der Waals surface area contributed by atoms with Gasteiger partial charge in [0.1, 0.15) is 0 Å². The van der Waals surface area contributed by atoms with Gasteiger partial charge in [-0.2, -0.15) is 11.8 Å². The van der Waals surface area contributed by atoms with Crippen molar-refractivity contribution in [2.45, 2.75) is 32.4 Å². The molecular weight excluding hydrogens is 210 g/mol. The third-order valence-corrected chi connectivity index (χ3v) is 5.16. The van der Waals surface area contributed by atoms with Crippen molar-refractivity contribution in [3.8, 4) is 0 Å². The summed E-state index contributed by atoms with van der Waals surface area (Å²) in [5, 5.41) is 3.66. The fourth-order valence-corrected chi connectivity index (χ4v) is 3.95. The van der Waals surface area contributed by atoms with Crippen LogP contribution in [0.2, 0.25) is 0 Å². The number of hydrogen-bond acceptors (Lipinski definition) is 3. The minimum Gasteiger partial charge on any atom is -0.305 e. The zero-order chi connectivity index (χ0) is 9.97. The molecule has 2 unspecified atom stereocenters. The largest absolute Gasteiger partial charge is 0.305 e. The van der Waals surface area contributed by atoms with Crippen LogP contribution < -0.4 is 5.32 Å². The molecule has 1 N–H and O–H groups in total. The predicted octanol–water partition coefficient (Wildman–Crippen LogP) is 3.08. The van der Waals surface area contributed by atoms with E-state index in [1.807, 2.05) is 11.3 Å². The van der Waals surface area contributed by atoms with E-state index in [1.54, 1.807) is 0 Å². The molecule has 3 heteroatoms. The Balaban J connectivity index is 2.06. The van der Waals surface area contributed by atoms with Crippen molar-refractivity contribution in [3.63, 3.8) is 0 Å². The van der Waals surface area contributed by atoms with Crippen LogP contribution in [0.15, 0.2) is 12.1 Å². The zero-order valence-electron chi connectivity index (χ0n) is 8.75. The maximum Gasteiger partial charge on any atom is 0.0509 e. The Hall–Kier alpha value is 0.01000. The molecule has 0 amide bonds. The van der Waals surface area contributed by atoms with Gasteiger partial charge in [0, 0.05) is 27.3 Å². The third kappa shape index (κ3) is 2.33. The molecule has 0 bridgehead atoms. The molecule has 1 aliphatic rings. The van der Waals surface area contributed by atoms with Gasteiger partial charge in [0.2, 0.25) is 0 Å². The second-order valence-electron chi connectivity index (χ2n) is 3.82. The second kappa shape index (κ2) is 4.69. The Morgan fingerprint density at radius 1 is 1.43 bits per heavy atom. The average Bonchev–Trinajstić information content (AvgIpc) is 2.66. The van der Waals surface area contributed by atoms with Crippen molar-refractivity contribution < 1.29 is 0 Å². The molecule has 1 saturated heterocycles. The van der Waals surface area contributed by atoms with Crippen molar-refractivity contribution in [2.75, 3.05) is 11.5 Å². The van der Waals surface area contributed by atoms with E-state index in [0.29, 0.717) is 12.1 Å². The standard InChI is InChI=1S/C11H17NS2/c1-3-9-4-5-11(14-9)10-7-13-6-8(2)12-10/h4-5,8,10,12H,3,6-7H2,1-2H3. The van der Waals surface area contributed by atoms with Crippen LogP contribution in [0.3, 0.4) is 0 Å². The lowest BCUT2D eigenvalue weighted by Gasteiger charge is -2.27. The highest BCUT2D eigenvalue weighted by atomic mass is 32.2. The van der Waals surface area contributed by atoms with Gasteiger partial charge in [-0.05, 0) is 25.5 Å². The lowest BCUT2D eigenvalue weighted by molar-refractivity contribution is 0.508. The molecule has 1 aromatic heterocycles. The molecule has 1 nitrogen and oxygen atoms in total. The molecule has 2 heterocycles. The predicted molar refractivity (Wildman–Crippen MR) is 66.4 cm³/mol. The SMILES string of the molecule is CCc1ccc(C2CSCC(C)N2)s1. The van der Waals surface area contributed by atoms with Gasteiger partial charge in [0.25, 0.3) is 0 Å². The zero-order valence-corrected chi connectivity index (χ0v) is 10.4. The van der Waals surface area contributed by atoms with E-state index in [-0.39, 0.29) is 0 Å². The van der Waals surface area contributed by atoms with Gasteiger partial charge in [-0.1, -0.05) is 6.92 Å². The summed E-state index contributed by atoms with van der Waals surface area (Å²) in [5.74, 6) is 2.48. The van der Waals surface area contributed by atoms with Gasteiger partial charge >= 0.3 is 0 Å². The molecule has 2 atom stereocenters. The minimum atomic E-state index is 0.592. The topological polar surface area (TPSA) is 12.0 Å². The van der Waals surface area contributed by atoms with E-state index >= 15 is 0 Å². The van der Waals surface area contributed by atoms with Crippen LogP contribution in [0.1, 0.15) is 29.6 Å². The highest BCUT2D eigenvalue weighted by Gasteiger charge is 2.20. The summed E-state index contributed by atoms with van der Waals surface area (Å²) in [6, 6.07) is 5.81. The van der Waals surface area contributed by atoms with E-state index in [9.17, 15) is 0 Å². The maximum absolute atomic E-state index is 3.66. The van der Waals surface area contributed by atoms with E-state index in [1.165, 1.54) is 27.7 Å². The molecule has 1 fully saturated rings. The lowest BCUT2D eigenvalue weighted by Crippen LogP contribution is -2.37. The average molecular weight is 227 g/mol. The Bertz CT molecular complexity index is 295. The molecule has 0 aromatic carbocycles. The van der Waals surface area contributed by atoms with Gasteiger partial charge in [-0.15, -0.1) is 11.3 Å². The van der Waals surface area contributed by atoms with Crippen LogP contribution in [-0.4, -0.2) is 17.5 Å². The van der Waals surface area contributed by atoms with Gasteiger partial charge in [-0.25, -0.2) is 0 Å². The number of hydrogen-bond donors (Lipinski definition) is 1. The highest BCUT2D eigenvalue weighted by molar-refractivity contribution is 7.99. The molecule has 0 saturated carbocycles. The van der Waals surface area contributed by atoms with Crippen molar-refractivity contribution >= 4 is 23.1 Å². The first kappa shape index (κ1) is 10.5.